The molecule has 6 heteroatoms. The monoisotopic (exact) mass is 432 g/mol. The molecule has 0 saturated carbocycles. The number of carbonyl (C=O) groups excluding carboxylic acids is 2. The molecule has 0 spiro atoms. The second-order valence-corrected chi connectivity index (χ2v) is 8.15. The van der Waals surface area contributed by atoms with Crippen molar-refractivity contribution in [2.24, 2.45) is 0 Å². The molecule has 0 fully saturated rings. The van der Waals surface area contributed by atoms with Gasteiger partial charge in [-0.3, -0.25) is 9.59 Å². The van der Waals surface area contributed by atoms with Crippen LogP contribution in [0.1, 0.15) is 12.5 Å². The van der Waals surface area contributed by atoms with Gasteiger partial charge in [-0.1, -0.05) is 36.4 Å². The molecule has 0 bridgehead atoms. The Labute approximate surface area is 186 Å². The van der Waals surface area contributed by atoms with Gasteiger partial charge in [-0.05, 0) is 55.0 Å². The van der Waals surface area contributed by atoms with Gasteiger partial charge < -0.3 is 15.4 Å². The molecule has 0 saturated heterocycles. The van der Waals surface area contributed by atoms with E-state index in [4.69, 9.17) is 4.74 Å². The summed E-state index contributed by atoms with van der Waals surface area (Å²) in [5.74, 6) is 0.395. The Morgan fingerprint density at radius 2 is 1.65 bits per heavy atom. The number of anilines is 2. The zero-order valence-corrected chi connectivity index (χ0v) is 18.2. The third-order valence-corrected chi connectivity index (χ3v) is 5.48. The van der Waals surface area contributed by atoms with Crippen LogP contribution in [-0.4, -0.2) is 24.2 Å². The molecule has 158 valence electrons. The lowest BCUT2D eigenvalue weighted by atomic mass is 10.2. The van der Waals surface area contributed by atoms with E-state index in [2.05, 4.69) is 10.6 Å². The maximum Gasteiger partial charge on any atom is 0.248 e. The summed E-state index contributed by atoms with van der Waals surface area (Å²) in [5, 5.41) is 5.44. The second-order valence-electron chi connectivity index (χ2n) is 6.74. The molecule has 0 aliphatic heterocycles. The molecule has 0 heterocycles. The van der Waals surface area contributed by atoms with Crippen LogP contribution in [0, 0.1) is 0 Å². The number of carbonyl (C=O) groups is 2. The first kappa shape index (κ1) is 22.2. The Balaban J connectivity index is 1.51. The van der Waals surface area contributed by atoms with Crippen molar-refractivity contribution in [2.75, 3.05) is 17.7 Å². The van der Waals surface area contributed by atoms with Gasteiger partial charge in [0, 0.05) is 28.4 Å². The highest BCUT2D eigenvalue weighted by Gasteiger charge is 2.15. The average Bonchev–Trinajstić information content (AvgIpc) is 2.79. The van der Waals surface area contributed by atoms with E-state index in [1.807, 2.05) is 79.7 Å². The van der Waals surface area contributed by atoms with Crippen LogP contribution >= 0.6 is 11.8 Å². The predicted octanol–water partition coefficient (Wildman–Crippen LogP) is 5.47. The van der Waals surface area contributed by atoms with Crippen molar-refractivity contribution in [1.29, 1.82) is 0 Å². The lowest BCUT2D eigenvalue weighted by molar-refractivity contribution is -0.115. The number of thioether (sulfide) groups is 1. The molecule has 3 rings (SSSR count). The molecule has 0 aliphatic rings. The summed E-state index contributed by atoms with van der Waals surface area (Å²) in [6.45, 7) is 1.85. The summed E-state index contributed by atoms with van der Waals surface area (Å²) in [5.41, 5.74) is 2.35. The standard InChI is InChI=1S/C25H24N2O3S/c1-18(25(29)27-21-9-6-10-22(17-21)30-2)31-23-14-12-20(13-15-23)26-24(28)16-11-19-7-4-3-5-8-19/h3-18H,1-2H3,(H,26,28)(H,27,29)/b16-11+. The lowest BCUT2D eigenvalue weighted by Gasteiger charge is -2.13. The van der Waals surface area contributed by atoms with E-state index in [0.717, 1.165) is 10.5 Å². The van der Waals surface area contributed by atoms with Crippen molar-refractivity contribution in [3.63, 3.8) is 0 Å². The van der Waals surface area contributed by atoms with Gasteiger partial charge >= 0.3 is 0 Å². The highest BCUT2D eigenvalue weighted by atomic mass is 32.2. The van der Waals surface area contributed by atoms with Crippen LogP contribution in [0.2, 0.25) is 0 Å². The molecule has 3 aromatic carbocycles. The van der Waals surface area contributed by atoms with Gasteiger partial charge in [0.25, 0.3) is 0 Å². The number of nitrogens with one attached hydrogen (secondary N) is 2. The van der Waals surface area contributed by atoms with Crippen LogP contribution in [0.5, 0.6) is 5.75 Å². The highest BCUT2D eigenvalue weighted by Crippen LogP contribution is 2.26. The van der Waals surface area contributed by atoms with Gasteiger partial charge in [0.2, 0.25) is 11.8 Å². The first-order valence-corrected chi connectivity index (χ1v) is 10.7. The van der Waals surface area contributed by atoms with Gasteiger partial charge in [-0.15, -0.1) is 11.8 Å². The Hall–Kier alpha value is -3.51. The molecule has 31 heavy (non-hydrogen) atoms. The minimum atomic E-state index is -0.291. The number of ether oxygens (including phenoxy) is 1. The zero-order valence-electron chi connectivity index (χ0n) is 17.4. The first-order chi connectivity index (χ1) is 15.0. The van der Waals surface area contributed by atoms with Crippen molar-refractivity contribution in [3.05, 3.63) is 90.5 Å². The van der Waals surface area contributed by atoms with Crippen LogP contribution < -0.4 is 15.4 Å². The Bertz CT molecular complexity index is 1050. The third-order valence-electron chi connectivity index (χ3n) is 4.37. The molecular formula is C25H24N2O3S. The molecule has 1 unspecified atom stereocenters. The fourth-order valence-corrected chi connectivity index (χ4v) is 3.61. The van der Waals surface area contributed by atoms with Crippen LogP contribution in [0.25, 0.3) is 6.08 Å². The van der Waals surface area contributed by atoms with Gasteiger partial charge in [0.05, 0.1) is 12.4 Å². The van der Waals surface area contributed by atoms with Crippen LogP contribution in [0.3, 0.4) is 0 Å². The highest BCUT2D eigenvalue weighted by molar-refractivity contribution is 8.00. The number of benzene rings is 3. The van der Waals surface area contributed by atoms with Crippen LogP contribution in [0.15, 0.2) is 89.8 Å². The minimum absolute atomic E-state index is 0.0957. The fourth-order valence-electron chi connectivity index (χ4n) is 2.74. The predicted molar refractivity (Wildman–Crippen MR) is 127 cm³/mol. The summed E-state index contributed by atoms with van der Waals surface area (Å²) >= 11 is 1.45. The molecule has 5 nitrogen and oxygen atoms in total. The normalized spacial score (nSPS) is 11.7. The molecule has 2 amide bonds. The molecule has 2 N–H and O–H groups in total. The van der Waals surface area contributed by atoms with Gasteiger partial charge in [-0.25, -0.2) is 0 Å². The topological polar surface area (TPSA) is 67.4 Å². The average molecular weight is 433 g/mol. The van der Waals surface area contributed by atoms with E-state index in [0.29, 0.717) is 17.1 Å². The fraction of sp³-hybridized carbons (Fsp3) is 0.120. The first-order valence-electron chi connectivity index (χ1n) is 9.79. The van der Waals surface area contributed by atoms with Crippen molar-refractivity contribution in [1.82, 2.24) is 0 Å². The van der Waals surface area contributed by atoms with Gasteiger partial charge in [0.15, 0.2) is 0 Å². The number of hydrogen-bond donors (Lipinski definition) is 2. The largest absolute Gasteiger partial charge is 0.497 e. The lowest BCUT2D eigenvalue weighted by Crippen LogP contribution is -2.22. The smallest absolute Gasteiger partial charge is 0.248 e. The maximum atomic E-state index is 12.5. The number of methoxy groups -OCH3 is 1. The van der Waals surface area contributed by atoms with E-state index < -0.39 is 0 Å². The summed E-state index contributed by atoms with van der Waals surface area (Å²) < 4.78 is 5.18. The summed E-state index contributed by atoms with van der Waals surface area (Å²) in [6, 6.07) is 24.3. The minimum Gasteiger partial charge on any atom is -0.497 e. The van der Waals surface area contributed by atoms with Crippen LogP contribution in [0.4, 0.5) is 11.4 Å². The molecule has 0 aromatic heterocycles. The number of rotatable bonds is 8. The Morgan fingerprint density at radius 1 is 0.903 bits per heavy atom. The van der Waals surface area contributed by atoms with E-state index >= 15 is 0 Å². The Kier molecular flexibility index (Phi) is 7.90. The maximum absolute atomic E-state index is 12.5. The summed E-state index contributed by atoms with van der Waals surface area (Å²) in [6.07, 6.45) is 3.27. The van der Waals surface area contributed by atoms with E-state index in [9.17, 15) is 9.59 Å². The Morgan fingerprint density at radius 3 is 2.35 bits per heavy atom. The molecule has 0 radical (unpaired) electrons. The van der Waals surface area contributed by atoms with Crippen molar-refractivity contribution >= 4 is 41.0 Å². The molecular weight excluding hydrogens is 408 g/mol. The van der Waals surface area contributed by atoms with Gasteiger partial charge in [-0.2, -0.15) is 0 Å². The molecule has 1 atom stereocenters. The van der Waals surface area contributed by atoms with E-state index in [1.165, 1.54) is 17.8 Å². The van der Waals surface area contributed by atoms with Gasteiger partial charge in [0.1, 0.15) is 5.75 Å². The number of hydrogen-bond acceptors (Lipinski definition) is 4. The summed E-state index contributed by atoms with van der Waals surface area (Å²) in [7, 11) is 1.59. The second kappa shape index (κ2) is 11.0. The van der Waals surface area contributed by atoms with Crippen molar-refractivity contribution < 1.29 is 14.3 Å². The third kappa shape index (κ3) is 7.04. The molecule has 0 aliphatic carbocycles. The van der Waals surface area contributed by atoms with Crippen LogP contribution in [-0.2, 0) is 9.59 Å². The quantitative estimate of drug-likeness (QED) is 0.366. The SMILES string of the molecule is COc1cccc(NC(=O)C(C)Sc2ccc(NC(=O)/C=C/c3ccccc3)cc2)c1. The van der Waals surface area contributed by atoms with Crippen molar-refractivity contribution in [3.8, 4) is 5.75 Å². The zero-order chi connectivity index (χ0) is 22.1. The van der Waals surface area contributed by atoms with E-state index in [-0.39, 0.29) is 17.1 Å². The van der Waals surface area contributed by atoms with Crippen molar-refractivity contribution in [2.45, 2.75) is 17.1 Å². The molecule has 3 aromatic rings. The summed E-state index contributed by atoms with van der Waals surface area (Å²) in [4.78, 5) is 25.5. The number of amides is 2. The van der Waals surface area contributed by atoms with E-state index in [1.54, 1.807) is 19.3 Å².